The second kappa shape index (κ2) is 5.27. The van der Waals surface area contributed by atoms with Crippen LogP contribution in [0.15, 0.2) is 24.3 Å². The number of carbonyl (C=O) groups is 1. The van der Waals surface area contributed by atoms with E-state index in [1.54, 1.807) is 21.0 Å². The van der Waals surface area contributed by atoms with Crippen molar-refractivity contribution in [3.63, 3.8) is 0 Å². The number of nitrogens with zero attached hydrogens (tertiary/aromatic N) is 2. The molecule has 0 spiro atoms. The standard InChI is InChI=1S/C16H18N2O4/c1-16(2)21-13-12(8-17)18(15(19)14(13)22-16)9-10-4-6-11(20-3)7-5-10/h4-7,12-14H,9H2,1-3H3/t12-,13-,14-/m1/s1. The molecule has 22 heavy (non-hydrogen) atoms. The summed E-state index contributed by atoms with van der Waals surface area (Å²) in [6.07, 6.45) is -1.23. The van der Waals surface area contributed by atoms with Gasteiger partial charge in [0.05, 0.1) is 13.2 Å². The van der Waals surface area contributed by atoms with E-state index in [0.717, 1.165) is 11.3 Å². The van der Waals surface area contributed by atoms with Crippen LogP contribution >= 0.6 is 0 Å². The molecule has 2 fully saturated rings. The SMILES string of the molecule is COc1ccc(CN2C(=O)[C@@H]3OC(C)(C)O[C@@H]3[C@H]2C#N)cc1. The highest BCUT2D eigenvalue weighted by molar-refractivity contribution is 5.85. The van der Waals surface area contributed by atoms with Crippen molar-refractivity contribution in [3.05, 3.63) is 29.8 Å². The maximum Gasteiger partial charge on any atom is 0.256 e. The monoisotopic (exact) mass is 302 g/mol. The van der Waals surface area contributed by atoms with Gasteiger partial charge in [0.25, 0.3) is 5.91 Å². The van der Waals surface area contributed by atoms with Crippen molar-refractivity contribution in [1.82, 2.24) is 4.90 Å². The number of nitriles is 1. The topological polar surface area (TPSA) is 71.8 Å². The number of hydrogen-bond donors (Lipinski definition) is 0. The lowest BCUT2D eigenvalue weighted by Crippen LogP contribution is -2.39. The molecule has 0 bridgehead atoms. The number of carbonyl (C=O) groups excluding carboxylic acids is 1. The number of rotatable bonds is 3. The Morgan fingerprint density at radius 3 is 2.59 bits per heavy atom. The van der Waals surface area contributed by atoms with Crippen LogP contribution in [-0.2, 0) is 20.8 Å². The molecule has 0 radical (unpaired) electrons. The fraction of sp³-hybridized carbons (Fsp3) is 0.500. The van der Waals surface area contributed by atoms with Crippen molar-refractivity contribution < 1.29 is 19.0 Å². The number of amides is 1. The molecule has 3 atom stereocenters. The molecule has 6 heteroatoms. The minimum atomic E-state index is -0.827. The lowest BCUT2D eigenvalue weighted by molar-refractivity contribution is -0.171. The quantitative estimate of drug-likeness (QED) is 0.845. The number of fused-ring (bicyclic) bond motifs is 1. The largest absolute Gasteiger partial charge is 0.497 e. The maximum atomic E-state index is 12.5. The first-order valence-corrected chi connectivity index (χ1v) is 7.14. The van der Waals surface area contributed by atoms with Gasteiger partial charge >= 0.3 is 0 Å². The zero-order valence-corrected chi connectivity index (χ0v) is 12.8. The van der Waals surface area contributed by atoms with Crippen LogP contribution in [0, 0.1) is 11.3 Å². The van der Waals surface area contributed by atoms with E-state index < -0.39 is 24.0 Å². The van der Waals surface area contributed by atoms with Gasteiger partial charge in [-0.05, 0) is 31.5 Å². The number of ether oxygens (including phenoxy) is 3. The Balaban J connectivity index is 1.79. The van der Waals surface area contributed by atoms with Crippen LogP contribution in [0.2, 0.25) is 0 Å². The first kappa shape index (κ1) is 14.8. The molecule has 2 saturated heterocycles. The molecule has 1 aromatic carbocycles. The smallest absolute Gasteiger partial charge is 0.256 e. The molecule has 0 unspecified atom stereocenters. The number of likely N-dealkylation sites (tertiary alicyclic amines) is 1. The summed E-state index contributed by atoms with van der Waals surface area (Å²) in [5.41, 5.74) is 0.925. The van der Waals surface area contributed by atoms with Gasteiger partial charge in [-0.15, -0.1) is 0 Å². The molecule has 0 aromatic heterocycles. The first-order chi connectivity index (χ1) is 10.4. The van der Waals surface area contributed by atoms with E-state index in [1.807, 2.05) is 24.3 Å². The molecule has 2 heterocycles. The summed E-state index contributed by atoms with van der Waals surface area (Å²) in [7, 11) is 1.60. The summed E-state index contributed by atoms with van der Waals surface area (Å²) in [4.78, 5) is 14.0. The summed E-state index contributed by atoms with van der Waals surface area (Å²) in [6.45, 7) is 3.85. The third-order valence-electron chi connectivity index (χ3n) is 3.95. The third-order valence-corrected chi connectivity index (χ3v) is 3.95. The van der Waals surface area contributed by atoms with Gasteiger partial charge in [-0.1, -0.05) is 12.1 Å². The average Bonchev–Trinajstić information content (AvgIpc) is 2.93. The van der Waals surface area contributed by atoms with Crippen molar-refractivity contribution in [2.45, 2.75) is 44.4 Å². The van der Waals surface area contributed by atoms with Crippen LogP contribution in [-0.4, -0.2) is 42.0 Å². The predicted octanol–water partition coefficient (Wildman–Crippen LogP) is 1.45. The zero-order chi connectivity index (χ0) is 15.9. The van der Waals surface area contributed by atoms with Crippen molar-refractivity contribution in [2.75, 3.05) is 7.11 Å². The summed E-state index contributed by atoms with van der Waals surface area (Å²) in [5.74, 6) is -0.275. The van der Waals surface area contributed by atoms with Gasteiger partial charge in [-0.3, -0.25) is 4.79 Å². The lowest BCUT2D eigenvalue weighted by Gasteiger charge is -2.26. The molecule has 0 N–H and O–H groups in total. The summed E-state index contributed by atoms with van der Waals surface area (Å²) < 4.78 is 16.5. The van der Waals surface area contributed by atoms with E-state index in [4.69, 9.17) is 14.2 Å². The minimum Gasteiger partial charge on any atom is -0.497 e. The highest BCUT2D eigenvalue weighted by atomic mass is 16.8. The van der Waals surface area contributed by atoms with Crippen molar-refractivity contribution in [1.29, 1.82) is 5.26 Å². The predicted molar refractivity (Wildman–Crippen MR) is 76.8 cm³/mol. The van der Waals surface area contributed by atoms with E-state index in [-0.39, 0.29) is 5.91 Å². The zero-order valence-electron chi connectivity index (χ0n) is 12.8. The number of methoxy groups -OCH3 is 1. The van der Waals surface area contributed by atoms with Gasteiger partial charge < -0.3 is 19.1 Å². The van der Waals surface area contributed by atoms with Crippen LogP contribution < -0.4 is 4.74 Å². The molecule has 0 saturated carbocycles. The van der Waals surface area contributed by atoms with Gasteiger partial charge in [-0.2, -0.15) is 5.26 Å². The normalized spacial score (nSPS) is 29.3. The summed E-state index contributed by atoms with van der Waals surface area (Å²) in [6, 6.07) is 8.94. The Morgan fingerprint density at radius 2 is 2.00 bits per heavy atom. The second-order valence-corrected chi connectivity index (χ2v) is 5.91. The third kappa shape index (κ3) is 2.43. The minimum absolute atomic E-state index is 0.196. The average molecular weight is 302 g/mol. The van der Waals surface area contributed by atoms with E-state index in [0.29, 0.717) is 6.54 Å². The van der Waals surface area contributed by atoms with Crippen LogP contribution in [0.25, 0.3) is 0 Å². The Bertz CT molecular complexity index is 620. The molecule has 3 rings (SSSR count). The number of benzene rings is 1. The highest BCUT2D eigenvalue weighted by Crippen LogP contribution is 2.38. The molecule has 116 valence electrons. The molecule has 1 amide bonds. The molecule has 2 aliphatic rings. The van der Waals surface area contributed by atoms with Gasteiger partial charge in [0.1, 0.15) is 17.9 Å². The van der Waals surface area contributed by atoms with E-state index in [1.165, 1.54) is 4.90 Å². The molecule has 6 nitrogen and oxygen atoms in total. The van der Waals surface area contributed by atoms with Crippen LogP contribution in [0.4, 0.5) is 0 Å². The summed E-state index contributed by atoms with van der Waals surface area (Å²) in [5, 5.41) is 9.43. The van der Waals surface area contributed by atoms with E-state index >= 15 is 0 Å². The van der Waals surface area contributed by atoms with Crippen LogP contribution in [0.1, 0.15) is 19.4 Å². The summed E-state index contributed by atoms with van der Waals surface area (Å²) >= 11 is 0. The lowest BCUT2D eigenvalue weighted by atomic mass is 10.1. The fourth-order valence-corrected chi connectivity index (χ4v) is 2.94. The molecule has 0 aliphatic carbocycles. The van der Waals surface area contributed by atoms with Crippen LogP contribution in [0.3, 0.4) is 0 Å². The van der Waals surface area contributed by atoms with E-state index in [2.05, 4.69) is 6.07 Å². The molecule has 1 aromatic rings. The first-order valence-electron chi connectivity index (χ1n) is 7.14. The van der Waals surface area contributed by atoms with Crippen LogP contribution in [0.5, 0.6) is 5.75 Å². The van der Waals surface area contributed by atoms with Crippen molar-refractivity contribution in [3.8, 4) is 11.8 Å². The fourth-order valence-electron chi connectivity index (χ4n) is 2.94. The molecular formula is C16H18N2O4. The van der Waals surface area contributed by atoms with Gasteiger partial charge in [0.2, 0.25) is 0 Å². The van der Waals surface area contributed by atoms with E-state index in [9.17, 15) is 10.1 Å². The Labute approximate surface area is 129 Å². The van der Waals surface area contributed by atoms with Crippen molar-refractivity contribution >= 4 is 5.91 Å². The molecular weight excluding hydrogens is 284 g/mol. The van der Waals surface area contributed by atoms with Gasteiger partial charge in [0, 0.05) is 6.54 Å². The highest BCUT2D eigenvalue weighted by Gasteiger charge is 2.57. The van der Waals surface area contributed by atoms with Crippen molar-refractivity contribution in [2.24, 2.45) is 0 Å². The maximum absolute atomic E-state index is 12.5. The number of hydrogen-bond acceptors (Lipinski definition) is 5. The Morgan fingerprint density at radius 1 is 1.32 bits per heavy atom. The Kier molecular flexibility index (Phi) is 3.55. The Hall–Kier alpha value is -2.10. The second-order valence-electron chi connectivity index (χ2n) is 5.91. The molecule has 2 aliphatic heterocycles. The van der Waals surface area contributed by atoms with Gasteiger partial charge in [-0.25, -0.2) is 0 Å². The van der Waals surface area contributed by atoms with Gasteiger partial charge in [0.15, 0.2) is 11.9 Å².